The predicted octanol–water partition coefficient (Wildman–Crippen LogP) is 4.37. The zero-order valence-corrected chi connectivity index (χ0v) is 18.8. The van der Waals surface area contributed by atoms with Crippen molar-refractivity contribution in [2.75, 3.05) is 32.4 Å². The van der Waals surface area contributed by atoms with Crippen LogP contribution in [0.1, 0.15) is 83.2 Å². The second-order valence-corrected chi connectivity index (χ2v) is 7.55. The Balaban J connectivity index is 2.17. The topological polar surface area (TPSA) is 105 Å². The predicted molar refractivity (Wildman–Crippen MR) is 120 cm³/mol. The molecule has 0 unspecified atom stereocenters. The van der Waals surface area contributed by atoms with Gasteiger partial charge in [-0.3, -0.25) is 15.1 Å². The van der Waals surface area contributed by atoms with Crippen LogP contribution in [0, 0.1) is 0 Å². The number of H-pyrrole nitrogens is 1. The number of methoxy groups -OCH3 is 1. The van der Waals surface area contributed by atoms with E-state index in [9.17, 15) is 9.59 Å². The summed E-state index contributed by atoms with van der Waals surface area (Å²) in [5, 5.41) is 5.06. The lowest BCUT2D eigenvalue weighted by molar-refractivity contribution is 0.0650. The van der Waals surface area contributed by atoms with Gasteiger partial charge in [-0.25, -0.2) is 9.78 Å². The van der Waals surface area contributed by atoms with E-state index in [0.717, 1.165) is 19.3 Å². The Morgan fingerprint density at radius 1 is 1.00 bits per heavy atom. The summed E-state index contributed by atoms with van der Waals surface area (Å²) in [4.78, 5) is 30.5. The quantitative estimate of drug-likeness (QED) is 0.240. The fourth-order valence-corrected chi connectivity index (χ4v) is 3.15. The molecule has 30 heavy (non-hydrogen) atoms. The molecule has 0 saturated heterocycles. The number of amides is 2. The van der Waals surface area contributed by atoms with Crippen LogP contribution in [0.5, 0.6) is 0 Å². The third-order valence-electron chi connectivity index (χ3n) is 4.83. The molecule has 172 valence electrons. The summed E-state index contributed by atoms with van der Waals surface area (Å²) in [6.45, 7) is 3.15. The summed E-state index contributed by atoms with van der Waals surface area (Å²) < 4.78 is 10.0. The Bertz CT molecular complexity index is 621. The first kappa shape index (κ1) is 26.1. The highest BCUT2D eigenvalue weighted by Crippen LogP contribution is 2.12. The van der Waals surface area contributed by atoms with Crippen molar-refractivity contribution in [2.24, 2.45) is 0 Å². The van der Waals surface area contributed by atoms with Crippen LogP contribution in [0.15, 0.2) is 10.9 Å². The molecule has 1 aromatic rings. The maximum Gasteiger partial charge on any atom is 0.323 e. The number of nitrogens with zero attached hydrogens (tertiary/aromatic N) is 1. The van der Waals surface area contributed by atoms with Crippen LogP contribution >= 0.6 is 0 Å². The van der Waals surface area contributed by atoms with Crippen LogP contribution in [0.2, 0.25) is 0 Å². The van der Waals surface area contributed by atoms with Crippen LogP contribution in [0.3, 0.4) is 0 Å². The molecule has 0 spiro atoms. The van der Waals surface area contributed by atoms with Crippen LogP contribution in [0.25, 0.3) is 0 Å². The number of nitrogens with one attached hydrogen (secondary N) is 3. The highest BCUT2D eigenvalue weighted by Gasteiger charge is 2.06. The van der Waals surface area contributed by atoms with E-state index in [-0.39, 0.29) is 18.2 Å². The molecule has 1 rings (SSSR count). The highest BCUT2D eigenvalue weighted by molar-refractivity contribution is 5.87. The van der Waals surface area contributed by atoms with E-state index < -0.39 is 6.03 Å². The fourth-order valence-electron chi connectivity index (χ4n) is 3.15. The number of urea groups is 1. The molecule has 3 N–H and O–H groups in total. The molecular formula is C22H40N4O4. The monoisotopic (exact) mass is 424 g/mol. The van der Waals surface area contributed by atoms with Crippen LogP contribution < -0.4 is 16.2 Å². The molecule has 0 aromatic carbocycles. The Morgan fingerprint density at radius 3 is 2.27 bits per heavy atom. The number of carbonyl (C=O) groups excluding carboxylic acids is 1. The van der Waals surface area contributed by atoms with E-state index in [0.29, 0.717) is 18.9 Å². The maximum atomic E-state index is 11.8. The lowest BCUT2D eigenvalue weighted by Crippen LogP contribution is -2.32. The molecule has 0 aliphatic heterocycles. The van der Waals surface area contributed by atoms with Gasteiger partial charge in [-0.05, 0) is 12.8 Å². The van der Waals surface area contributed by atoms with Gasteiger partial charge < -0.3 is 14.8 Å². The maximum absolute atomic E-state index is 11.8. The summed E-state index contributed by atoms with van der Waals surface area (Å²) in [7, 11) is 1.58. The van der Waals surface area contributed by atoms with Crippen molar-refractivity contribution in [1.29, 1.82) is 0 Å². The Hall–Kier alpha value is -1.93. The number of ether oxygens (including phenoxy) is 2. The van der Waals surface area contributed by atoms with Crippen molar-refractivity contribution >= 4 is 12.0 Å². The first-order valence-corrected chi connectivity index (χ1v) is 11.4. The molecule has 0 bridgehead atoms. The molecule has 0 aliphatic carbocycles. The number of aromatic amines is 1. The number of anilines is 1. The Kier molecular flexibility index (Phi) is 15.6. The normalized spacial score (nSPS) is 10.9. The standard InChI is InChI=1S/C22H40N4O4/c1-3-4-5-6-7-8-9-10-11-12-13-14-19-17-20(27)25-21(24-19)26-22(28)23-18-30-16-15-29-2/h17H,3-16,18H2,1-2H3,(H3,23,24,25,26,27,28). The fraction of sp³-hybridized carbons (Fsp3) is 0.773. The minimum Gasteiger partial charge on any atom is -0.382 e. The number of rotatable bonds is 18. The second kappa shape index (κ2) is 17.9. The first-order valence-electron chi connectivity index (χ1n) is 11.4. The van der Waals surface area contributed by atoms with Gasteiger partial charge in [-0.2, -0.15) is 0 Å². The van der Waals surface area contributed by atoms with Gasteiger partial charge in [0.15, 0.2) is 0 Å². The molecule has 0 atom stereocenters. The summed E-state index contributed by atoms with van der Waals surface area (Å²) in [6.07, 6.45) is 14.8. The number of hydrogen-bond acceptors (Lipinski definition) is 5. The number of hydrogen-bond donors (Lipinski definition) is 3. The SMILES string of the molecule is CCCCCCCCCCCCCc1cc(=O)[nH]c(NC(=O)NCOCCOC)n1. The number of aromatic nitrogens is 2. The lowest BCUT2D eigenvalue weighted by Gasteiger charge is -2.08. The lowest BCUT2D eigenvalue weighted by atomic mass is 10.0. The van der Waals surface area contributed by atoms with Gasteiger partial charge in [0.1, 0.15) is 6.73 Å². The number of unbranched alkanes of at least 4 members (excludes halogenated alkanes) is 10. The van der Waals surface area contributed by atoms with Gasteiger partial charge in [0.2, 0.25) is 5.95 Å². The zero-order valence-electron chi connectivity index (χ0n) is 18.8. The molecule has 0 fully saturated rings. The van der Waals surface area contributed by atoms with Gasteiger partial charge in [-0.15, -0.1) is 0 Å². The Labute approximate surface area is 180 Å². The van der Waals surface area contributed by atoms with E-state index in [1.54, 1.807) is 7.11 Å². The molecule has 0 radical (unpaired) electrons. The average Bonchev–Trinajstić information content (AvgIpc) is 2.71. The van der Waals surface area contributed by atoms with Crippen molar-refractivity contribution in [1.82, 2.24) is 15.3 Å². The van der Waals surface area contributed by atoms with Gasteiger partial charge in [0.05, 0.1) is 13.2 Å². The van der Waals surface area contributed by atoms with E-state index in [4.69, 9.17) is 9.47 Å². The smallest absolute Gasteiger partial charge is 0.323 e. The van der Waals surface area contributed by atoms with Gasteiger partial charge in [-0.1, -0.05) is 71.1 Å². The minimum absolute atomic E-state index is 0.0534. The molecular weight excluding hydrogens is 384 g/mol. The van der Waals surface area contributed by atoms with Crippen LogP contribution in [-0.2, 0) is 15.9 Å². The number of carbonyl (C=O) groups is 1. The van der Waals surface area contributed by atoms with Crippen molar-refractivity contribution in [3.05, 3.63) is 22.1 Å². The summed E-state index contributed by atoms with van der Waals surface area (Å²) in [6, 6.07) is 1.01. The Morgan fingerprint density at radius 2 is 1.63 bits per heavy atom. The van der Waals surface area contributed by atoms with Crippen molar-refractivity contribution in [3.8, 4) is 0 Å². The van der Waals surface area contributed by atoms with Crippen LogP contribution in [-0.4, -0.2) is 43.1 Å². The van der Waals surface area contributed by atoms with Gasteiger partial charge >= 0.3 is 6.03 Å². The average molecular weight is 425 g/mol. The van der Waals surface area contributed by atoms with E-state index in [2.05, 4.69) is 27.5 Å². The van der Waals surface area contributed by atoms with Crippen molar-refractivity contribution in [3.63, 3.8) is 0 Å². The minimum atomic E-state index is -0.484. The summed E-state index contributed by atoms with van der Waals surface area (Å²) in [5.41, 5.74) is 0.427. The molecule has 1 heterocycles. The third-order valence-corrected chi connectivity index (χ3v) is 4.83. The van der Waals surface area contributed by atoms with Crippen molar-refractivity contribution in [2.45, 2.75) is 84.0 Å². The van der Waals surface area contributed by atoms with Gasteiger partial charge in [0.25, 0.3) is 5.56 Å². The third kappa shape index (κ3) is 14.1. The van der Waals surface area contributed by atoms with Crippen LogP contribution in [0.4, 0.5) is 10.7 Å². The first-order chi connectivity index (χ1) is 14.7. The van der Waals surface area contributed by atoms with Crippen molar-refractivity contribution < 1.29 is 14.3 Å². The van der Waals surface area contributed by atoms with E-state index >= 15 is 0 Å². The largest absolute Gasteiger partial charge is 0.382 e. The summed E-state index contributed by atoms with van der Waals surface area (Å²) >= 11 is 0. The second-order valence-electron chi connectivity index (χ2n) is 7.55. The van der Waals surface area contributed by atoms with Gasteiger partial charge in [0, 0.05) is 18.9 Å². The molecule has 0 saturated carbocycles. The summed E-state index contributed by atoms with van der Waals surface area (Å²) in [5.74, 6) is 0.148. The highest BCUT2D eigenvalue weighted by atomic mass is 16.5. The number of aryl methyl sites for hydroxylation is 1. The molecule has 8 nitrogen and oxygen atoms in total. The van der Waals surface area contributed by atoms with E-state index in [1.807, 2.05) is 0 Å². The molecule has 2 amide bonds. The molecule has 1 aromatic heterocycles. The zero-order chi connectivity index (χ0) is 21.9. The molecule has 8 heteroatoms. The van der Waals surface area contributed by atoms with E-state index in [1.165, 1.54) is 63.9 Å². The molecule has 0 aliphatic rings.